The minimum absolute atomic E-state index is 0.0337. The highest BCUT2D eigenvalue weighted by Crippen LogP contribution is 2.25. The Morgan fingerprint density at radius 3 is 2.45 bits per heavy atom. The van der Waals surface area contributed by atoms with Gasteiger partial charge in [0.05, 0.1) is 29.2 Å². The summed E-state index contributed by atoms with van der Waals surface area (Å²) >= 11 is 5.97. The van der Waals surface area contributed by atoms with Crippen molar-refractivity contribution in [2.75, 3.05) is 24.1 Å². The number of carbonyl (C=O) groups excluding carboxylic acids is 1. The lowest BCUT2D eigenvalue weighted by molar-refractivity contribution is -0.0586. The lowest BCUT2D eigenvalue weighted by atomic mass is 10.1. The molecule has 1 amide bonds. The van der Waals surface area contributed by atoms with Crippen molar-refractivity contribution in [2.24, 2.45) is 0 Å². The van der Waals surface area contributed by atoms with E-state index in [2.05, 4.69) is 4.72 Å². The zero-order valence-corrected chi connectivity index (χ0v) is 14.2. The average molecular weight is 347 g/mol. The first kappa shape index (κ1) is 17.1. The number of ether oxygens (including phenoxy) is 1. The number of amides is 1. The summed E-state index contributed by atoms with van der Waals surface area (Å²) < 4.78 is 30.6. The van der Waals surface area contributed by atoms with E-state index >= 15 is 0 Å². The van der Waals surface area contributed by atoms with Gasteiger partial charge in [-0.25, -0.2) is 8.42 Å². The van der Waals surface area contributed by atoms with Crippen LogP contribution in [-0.2, 0) is 14.8 Å². The molecular weight excluding hydrogens is 328 g/mol. The van der Waals surface area contributed by atoms with Gasteiger partial charge >= 0.3 is 0 Å². The molecule has 1 heterocycles. The van der Waals surface area contributed by atoms with Gasteiger partial charge in [-0.3, -0.25) is 9.52 Å². The molecule has 0 aliphatic carbocycles. The minimum Gasteiger partial charge on any atom is -0.372 e. The van der Waals surface area contributed by atoms with Gasteiger partial charge in [0.15, 0.2) is 0 Å². The number of hydrogen-bond donors (Lipinski definition) is 1. The summed E-state index contributed by atoms with van der Waals surface area (Å²) in [5.41, 5.74) is 0.584. The van der Waals surface area contributed by atoms with Gasteiger partial charge in [0, 0.05) is 18.7 Å². The van der Waals surface area contributed by atoms with E-state index in [4.69, 9.17) is 16.3 Å². The molecule has 1 fully saturated rings. The highest BCUT2D eigenvalue weighted by Gasteiger charge is 2.27. The molecule has 0 spiro atoms. The van der Waals surface area contributed by atoms with Crippen LogP contribution >= 0.6 is 11.6 Å². The van der Waals surface area contributed by atoms with Crippen LogP contribution in [0.15, 0.2) is 18.2 Å². The van der Waals surface area contributed by atoms with Crippen LogP contribution in [0.3, 0.4) is 0 Å². The molecule has 0 aromatic heterocycles. The molecule has 1 aromatic rings. The van der Waals surface area contributed by atoms with Crippen LogP contribution in [0.4, 0.5) is 5.69 Å². The minimum atomic E-state index is -3.46. The Hall–Kier alpha value is -1.31. The van der Waals surface area contributed by atoms with Crippen LogP contribution in [0.1, 0.15) is 24.2 Å². The Balaban J connectivity index is 2.25. The second-order valence-corrected chi connectivity index (χ2v) is 7.69. The third-order valence-corrected chi connectivity index (χ3v) is 4.14. The van der Waals surface area contributed by atoms with E-state index in [1.165, 1.54) is 12.1 Å². The van der Waals surface area contributed by atoms with Crippen LogP contribution in [0.25, 0.3) is 0 Å². The molecule has 2 rings (SSSR count). The number of anilines is 1. The molecule has 0 bridgehead atoms. The molecule has 0 radical (unpaired) electrons. The van der Waals surface area contributed by atoms with Crippen molar-refractivity contribution >= 4 is 33.2 Å². The summed E-state index contributed by atoms with van der Waals surface area (Å²) in [4.78, 5) is 14.3. The van der Waals surface area contributed by atoms with Crippen LogP contribution in [0.2, 0.25) is 5.02 Å². The molecule has 1 N–H and O–H groups in total. The van der Waals surface area contributed by atoms with Crippen LogP contribution < -0.4 is 4.72 Å². The largest absolute Gasteiger partial charge is 0.372 e. The normalized spacial score (nSPS) is 22.5. The van der Waals surface area contributed by atoms with Gasteiger partial charge in [-0.1, -0.05) is 11.6 Å². The van der Waals surface area contributed by atoms with Crippen LogP contribution in [-0.4, -0.2) is 50.8 Å². The standard InChI is InChI=1S/C14H19ClN2O4S/c1-9-7-17(8-10(2)21-9)14(18)11-4-5-12(15)13(6-11)16-22(3,19)20/h4-6,9-10,16H,7-8H2,1-3H3/t9-,10-/m0/s1. The molecule has 122 valence electrons. The second kappa shape index (κ2) is 6.44. The topological polar surface area (TPSA) is 75.7 Å². The van der Waals surface area contributed by atoms with E-state index in [1.54, 1.807) is 11.0 Å². The van der Waals surface area contributed by atoms with Gasteiger partial charge in [-0.15, -0.1) is 0 Å². The van der Waals surface area contributed by atoms with Crippen molar-refractivity contribution in [3.8, 4) is 0 Å². The van der Waals surface area contributed by atoms with E-state index in [-0.39, 0.29) is 28.8 Å². The van der Waals surface area contributed by atoms with Crippen molar-refractivity contribution in [1.29, 1.82) is 0 Å². The van der Waals surface area contributed by atoms with E-state index in [0.29, 0.717) is 18.7 Å². The Morgan fingerprint density at radius 1 is 1.32 bits per heavy atom. The van der Waals surface area contributed by atoms with Gasteiger partial charge in [-0.05, 0) is 32.0 Å². The number of hydrogen-bond acceptors (Lipinski definition) is 4. The Morgan fingerprint density at radius 2 is 1.91 bits per heavy atom. The van der Waals surface area contributed by atoms with E-state index in [1.807, 2.05) is 13.8 Å². The van der Waals surface area contributed by atoms with Crippen molar-refractivity contribution in [1.82, 2.24) is 4.90 Å². The summed E-state index contributed by atoms with van der Waals surface area (Å²) in [5, 5.41) is 0.241. The highest BCUT2D eigenvalue weighted by molar-refractivity contribution is 7.92. The summed E-state index contributed by atoms with van der Waals surface area (Å²) in [5.74, 6) is -0.171. The molecule has 6 nitrogen and oxygen atoms in total. The first-order chi connectivity index (χ1) is 10.2. The van der Waals surface area contributed by atoms with Gasteiger partial charge in [0.2, 0.25) is 10.0 Å². The first-order valence-electron chi connectivity index (χ1n) is 6.88. The lowest BCUT2D eigenvalue weighted by Gasteiger charge is -2.35. The number of rotatable bonds is 3. The fourth-order valence-electron chi connectivity index (χ4n) is 2.46. The highest BCUT2D eigenvalue weighted by atomic mass is 35.5. The summed E-state index contributed by atoms with van der Waals surface area (Å²) in [6.07, 6.45) is 0.964. The fourth-order valence-corrected chi connectivity index (χ4v) is 3.25. The van der Waals surface area contributed by atoms with Crippen molar-refractivity contribution in [3.05, 3.63) is 28.8 Å². The van der Waals surface area contributed by atoms with E-state index in [0.717, 1.165) is 6.26 Å². The molecule has 8 heteroatoms. The van der Waals surface area contributed by atoms with Gasteiger partial charge in [0.25, 0.3) is 5.91 Å². The maximum absolute atomic E-state index is 12.6. The molecule has 0 unspecified atom stereocenters. The Bertz CT molecular complexity index is 667. The SMILES string of the molecule is C[C@H]1CN(C(=O)c2ccc(Cl)c(NS(C)(=O)=O)c2)C[C@H](C)O1. The molecule has 22 heavy (non-hydrogen) atoms. The molecule has 0 saturated carbocycles. The maximum Gasteiger partial charge on any atom is 0.254 e. The number of carbonyl (C=O) groups is 1. The average Bonchev–Trinajstić information content (AvgIpc) is 2.38. The number of benzene rings is 1. The molecule has 1 aliphatic rings. The smallest absolute Gasteiger partial charge is 0.254 e. The van der Waals surface area contributed by atoms with Gasteiger partial charge in [-0.2, -0.15) is 0 Å². The molecule has 1 aliphatic heterocycles. The first-order valence-corrected chi connectivity index (χ1v) is 9.14. The zero-order valence-electron chi connectivity index (χ0n) is 12.7. The fraction of sp³-hybridized carbons (Fsp3) is 0.500. The third-order valence-electron chi connectivity index (χ3n) is 3.22. The van der Waals surface area contributed by atoms with Gasteiger partial charge in [0.1, 0.15) is 0 Å². The number of morpholine rings is 1. The maximum atomic E-state index is 12.6. The van der Waals surface area contributed by atoms with E-state index < -0.39 is 10.0 Å². The third kappa shape index (κ3) is 4.34. The summed E-state index contributed by atoms with van der Waals surface area (Å²) in [6, 6.07) is 4.55. The number of halogens is 1. The quantitative estimate of drug-likeness (QED) is 0.907. The number of nitrogens with zero attached hydrogens (tertiary/aromatic N) is 1. The predicted molar refractivity (Wildman–Crippen MR) is 85.8 cm³/mol. The van der Waals surface area contributed by atoms with Gasteiger partial charge < -0.3 is 9.64 Å². The van der Waals surface area contributed by atoms with Crippen LogP contribution in [0.5, 0.6) is 0 Å². The Labute approximate surface area is 135 Å². The molecule has 1 aromatic carbocycles. The lowest BCUT2D eigenvalue weighted by Crippen LogP contribution is -2.48. The summed E-state index contributed by atoms with van der Waals surface area (Å²) in [6.45, 7) is 4.82. The number of nitrogens with one attached hydrogen (secondary N) is 1. The zero-order chi connectivity index (χ0) is 16.5. The van der Waals surface area contributed by atoms with Crippen molar-refractivity contribution < 1.29 is 17.9 Å². The monoisotopic (exact) mass is 346 g/mol. The van der Waals surface area contributed by atoms with E-state index in [9.17, 15) is 13.2 Å². The molecule has 2 atom stereocenters. The second-order valence-electron chi connectivity index (χ2n) is 5.54. The van der Waals surface area contributed by atoms with Crippen molar-refractivity contribution in [2.45, 2.75) is 26.1 Å². The predicted octanol–water partition coefficient (Wildman–Crippen LogP) is 1.96. The molecule has 1 saturated heterocycles. The van der Waals surface area contributed by atoms with Crippen LogP contribution in [0, 0.1) is 0 Å². The molecular formula is C14H19ClN2O4S. The summed E-state index contributed by atoms with van der Waals surface area (Å²) in [7, 11) is -3.46. The van der Waals surface area contributed by atoms with Crippen molar-refractivity contribution in [3.63, 3.8) is 0 Å². The number of sulfonamides is 1. The Kier molecular flexibility index (Phi) is 4.99.